The van der Waals surface area contributed by atoms with Crippen LogP contribution >= 0.6 is 22.6 Å². The van der Waals surface area contributed by atoms with E-state index in [4.69, 9.17) is 0 Å². The topological polar surface area (TPSA) is 57.6 Å². The van der Waals surface area contributed by atoms with Gasteiger partial charge in [0.1, 0.15) is 0 Å². The molecule has 136 valence electrons. The molecule has 0 saturated carbocycles. The quantitative estimate of drug-likeness (QED) is 0.618. The van der Waals surface area contributed by atoms with E-state index in [1.54, 1.807) is 0 Å². The number of carbonyl (C=O) groups is 2. The molecule has 0 spiro atoms. The number of benzene rings is 1. The van der Waals surface area contributed by atoms with Gasteiger partial charge in [0.05, 0.1) is 9.12 Å². The van der Waals surface area contributed by atoms with Crippen molar-refractivity contribution in [2.24, 2.45) is 5.41 Å². The van der Waals surface area contributed by atoms with Gasteiger partial charge < -0.3 is 5.11 Å². The molecule has 2 rings (SSSR count). The third-order valence-electron chi connectivity index (χ3n) is 5.06. The van der Waals surface area contributed by atoms with Crippen LogP contribution in [0.15, 0.2) is 39.6 Å². The van der Waals surface area contributed by atoms with E-state index in [9.17, 15) is 14.7 Å². The minimum atomic E-state index is -0.976. The van der Waals surface area contributed by atoms with Gasteiger partial charge in [0.2, 0.25) is 0 Å². The fourth-order valence-corrected chi connectivity index (χ4v) is 4.34. The minimum Gasteiger partial charge on any atom is -0.465 e. The van der Waals surface area contributed by atoms with E-state index in [0.29, 0.717) is 22.1 Å². The normalized spacial score (nSPS) is 21.6. The third-order valence-corrected chi connectivity index (χ3v) is 6.29. The maximum atomic E-state index is 12.8. The largest absolute Gasteiger partial charge is 0.465 e. The van der Waals surface area contributed by atoms with Crippen molar-refractivity contribution in [2.75, 3.05) is 0 Å². The van der Waals surface area contributed by atoms with Gasteiger partial charge in [-0.15, -0.1) is 0 Å². The van der Waals surface area contributed by atoms with E-state index in [1.807, 2.05) is 80.6 Å². The van der Waals surface area contributed by atoms with Crippen LogP contribution in [0.4, 0.5) is 4.79 Å². The summed E-state index contributed by atoms with van der Waals surface area (Å²) in [5.74, 6) is 0.0485. The van der Waals surface area contributed by atoms with Gasteiger partial charge in [-0.2, -0.15) is 0 Å². The second-order valence-corrected chi connectivity index (χ2v) is 8.75. The molecule has 0 fully saturated rings. The number of hydrogen-bond donors (Lipinski definition) is 1. The van der Waals surface area contributed by atoms with Gasteiger partial charge in [0.15, 0.2) is 5.78 Å². The monoisotopic (exact) mass is 455 g/mol. The SMILES string of the molecule is CCCC1=C(I)C(=O)C[C@@](Cc2ccccc2)(C(C)(C)C)N1C(=O)O. The molecule has 1 N–H and O–H groups in total. The van der Waals surface area contributed by atoms with Crippen molar-refractivity contribution in [2.45, 2.75) is 58.9 Å². The van der Waals surface area contributed by atoms with Crippen molar-refractivity contribution in [3.05, 3.63) is 45.2 Å². The molecular weight excluding hydrogens is 429 g/mol. The number of Topliss-reactive ketones (excluding diaryl/α,β-unsaturated/α-hetero) is 1. The minimum absolute atomic E-state index is 0.0485. The lowest BCUT2D eigenvalue weighted by molar-refractivity contribution is -0.121. The van der Waals surface area contributed by atoms with Crippen molar-refractivity contribution >= 4 is 34.5 Å². The number of ketones is 1. The molecular formula is C20H26INO3. The third kappa shape index (κ3) is 3.76. The summed E-state index contributed by atoms with van der Waals surface area (Å²) < 4.78 is 0.565. The first-order valence-electron chi connectivity index (χ1n) is 8.63. The van der Waals surface area contributed by atoms with Gasteiger partial charge >= 0.3 is 6.09 Å². The molecule has 0 radical (unpaired) electrons. The summed E-state index contributed by atoms with van der Waals surface area (Å²) in [4.78, 5) is 26.6. The highest BCUT2D eigenvalue weighted by atomic mass is 127. The molecule has 1 heterocycles. The molecule has 0 aromatic heterocycles. The molecule has 0 aliphatic carbocycles. The lowest BCUT2D eigenvalue weighted by Gasteiger charge is -2.54. The number of allylic oxidation sites excluding steroid dienone is 2. The molecule has 1 amide bonds. The van der Waals surface area contributed by atoms with Crippen LogP contribution in [-0.4, -0.2) is 27.4 Å². The van der Waals surface area contributed by atoms with Gasteiger partial charge in [0.25, 0.3) is 0 Å². The van der Waals surface area contributed by atoms with Crippen molar-refractivity contribution in [1.82, 2.24) is 4.90 Å². The summed E-state index contributed by atoms with van der Waals surface area (Å²) in [7, 11) is 0. The second kappa shape index (κ2) is 7.48. The van der Waals surface area contributed by atoms with E-state index in [0.717, 1.165) is 12.0 Å². The Morgan fingerprint density at radius 2 is 1.88 bits per heavy atom. The molecule has 0 unspecified atom stereocenters. The second-order valence-electron chi connectivity index (χ2n) is 7.67. The summed E-state index contributed by atoms with van der Waals surface area (Å²) in [6.07, 6.45) is 1.14. The van der Waals surface area contributed by atoms with Crippen LogP contribution in [0.3, 0.4) is 0 Å². The van der Waals surface area contributed by atoms with E-state index < -0.39 is 17.0 Å². The van der Waals surface area contributed by atoms with Crippen LogP contribution in [0.25, 0.3) is 0 Å². The van der Waals surface area contributed by atoms with Gasteiger partial charge in [-0.3, -0.25) is 9.69 Å². The molecule has 5 heteroatoms. The van der Waals surface area contributed by atoms with Gasteiger partial charge in [-0.25, -0.2) is 4.79 Å². The van der Waals surface area contributed by atoms with Crippen LogP contribution in [0, 0.1) is 5.41 Å². The van der Waals surface area contributed by atoms with Crippen molar-refractivity contribution in [3.8, 4) is 0 Å². The lowest BCUT2D eigenvalue weighted by Crippen LogP contribution is -2.63. The Morgan fingerprint density at radius 1 is 1.28 bits per heavy atom. The number of carboxylic acid groups (broad SMARTS) is 1. The molecule has 1 aromatic carbocycles. The molecule has 1 aliphatic heterocycles. The van der Waals surface area contributed by atoms with Gasteiger partial charge in [-0.05, 0) is 46.4 Å². The van der Waals surface area contributed by atoms with Crippen LogP contribution < -0.4 is 0 Å². The fraction of sp³-hybridized carbons (Fsp3) is 0.500. The van der Waals surface area contributed by atoms with Gasteiger partial charge in [-0.1, -0.05) is 64.4 Å². The average molecular weight is 455 g/mol. The highest BCUT2D eigenvalue weighted by molar-refractivity contribution is 14.1. The number of amides is 1. The number of halogens is 1. The first-order chi connectivity index (χ1) is 11.6. The van der Waals surface area contributed by atoms with Crippen LogP contribution in [0.2, 0.25) is 0 Å². The first-order valence-corrected chi connectivity index (χ1v) is 9.71. The Labute approximate surface area is 163 Å². The summed E-state index contributed by atoms with van der Waals surface area (Å²) >= 11 is 2.02. The van der Waals surface area contributed by atoms with E-state index in [-0.39, 0.29) is 12.2 Å². The Kier molecular flexibility index (Phi) is 5.97. The van der Waals surface area contributed by atoms with E-state index >= 15 is 0 Å². The molecule has 0 saturated heterocycles. The zero-order valence-electron chi connectivity index (χ0n) is 15.3. The van der Waals surface area contributed by atoms with Crippen LogP contribution in [-0.2, 0) is 11.2 Å². The smallest absolute Gasteiger partial charge is 0.412 e. The zero-order chi connectivity index (χ0) is 18.8. The predicted octanol–water partition coefficient (Wildman–Crippen LogP) is 5.41. The maximum absolute atomic E-state index is 12.8. The number of carbonyl (C=O) groups excluding carboxylic acids is 1. The van der Waals surface area contributed by atoms with Crippen molar-refractivity contribution < 1.29 is 14.7 Å². The van der Waals surface area contributed by atoms with Crippen molar-refractivity contribution in [3.63, 3.8) is 0 Å². The predicted molar refractivity (Wildman–Crippen MR) is 108 cm³/mol. The summed E-state index contributed by atoms with van der Waals surface area (Å²) in [6.45, 7) is 8.09. The summed E-state index contributed by atoms with van der Waals surface area (Å²) in [6, 6.07) is 9.85. The van der Waals surface area contributed by atoms with E-state index in [2.05, 4.69) is 0 Å². The Balaban J connectivity index is 2.68. The molecule has 0 bridgehead atoms. The van der Waals surface area contributed by atoms with Crippen molar-refractivity contribution in [1.29, 1.82) is 0 Å². The summed E-state index contributed by atoms with van der Waals surface area (Å²) in [5, 5.41) is 10.1. The molecule has 1 aliphatic rings. The zero-order valence-corrected chi connectivity index (χ0v) is 17.5. The molecule has 4 nitrogen and oxygen atoms in total. The Bertz CT molecular complexity index is 691. The molecule has 1 aromatic rings. The average Bonchev–Trinajstić information content (AvgIpc) is 2.52. The highest BCUT2D eigenvalue weighted by Crippen LogP contribution is 2.48. The standard InChI is InChI=1S/C20H26INO3/c1-5-9-15-17(21)16(23)13-20(19(2,3)4,22(15)18(24)25)12-14-10-7-6-8-11-14/h6-8,10-11H,5,9,12-13H2,1-4H3,(H,24,25)/t20-/m0/s1. The number of hydrogen-bond acceptors (Lipinski definition) is 2. The van der Waals surface area contributed by atoms with Crippen LogP contribution in [0.1, 0.15) is 52.5 Å². The van der Waals surface area contributed by atoms with Crippen LogP contribution in [0.5, 0.6) is 0 Å². The number of rotatable bonds is 4. The Morgan fingerprint density at radius 3 is 2.36 bits per heavy atom. The maximum Gasteiger partial charge on any atom is 0.412 e. The lowest BCUT2D eigenvalue weighted by atomic mass is 9.65. The summed E-state index contributed by atoms with van der Waals surface area (Å²) in [5.41, 5.74) is 0.505. The van der Waals surface area contributed by atoms with Gasteiger partial charge in [0, 0.05) is 12.1 Å². The Hall–Kier alpha value is -1.37. The number of nitrogens with zero attached hydrogens (tertiary/aromatic N) is 1. The molecule has 1 atom stereocenters. The fourth-order valence-electron chi connectivity index (χ4n) is 3.64. The first kappa shape index (κ1) is 19.9. The van der Waals surface area contributed by atoms with E-state index in [1.165, 1.54) is 4.90 Å². The molecule has 25 heavy (non-hydrogen) atoms. The highest BCUT2D eigenvalue weighted by Gasteiger charge is 2.54.